The molecule has 186 valence electrons. The minimum absolute atomic E-state index is 0.115. The monoisotopic (exact) mass is 479 g/mol. The zero-order chi connectivity index (χ0) is 25.3. The Morgan fingerprint density at radius 1 is 1.11 bits per heavy atom. The second-order valence-electron chi connectivity index (χ2n) is 9.33. The van der Waals surface area contributed by atoms with Gasteiger partial charge >= 0.3 is 6.09 Å². The Balaban J connectivity index is 1.43. The summed E-state index contributed by atoms with van der Waals surface area (Å²) in [6.07, 6.45) is 4.20. The molecule has 0 spiro atoms. The van der Waals surface area contributed by atoms with Gasteiger partial charge in [0.25, 0.3) is 0 Å². The quantitative estimate of drug-likeness (QED) is 0.431. The Bertz CT molecular complexity index is 1090. The lowest BCUT2D eigenvalue weighted by atomic mass is 10.1. The average Bonchev–Trinajstić information content (AvgIpc) is 3.29. The summed E-state index contributed by atoms with van der Waals surface area (Å²) in [5.74, 6) is 0.746. The lowest BCUT2D eigenvalue weighted by Gasteiger charge is -2.27. The molecule has 0 aliphatic carbocycles. The van der Waals surface area contributed by atoms with E-state index in [0.29, 0.717) is 44.3 Å². The Hall–Kier alpha value is -3.75. The van der Waals surface area contributed by atoms with Gasteiger partial charge in [-0.2, -0.15) is 0 Å². The van der Waals surface area contributed by atoms with E-state index in [1.165, 1.54) is 0 Å². The zero-order valence-electron chi connectivity index (χ0n) is 20.8. The van der Waals surface area contributed by atoms with Crippen LogP contribution >= 0.6 is 0 Å². The van der Waals surface area contributed by atoms with Gasteiger partial charge in [0.1, 0.15) is 5.60 Å². The molecule has 0 aliphatic heterocycles. The highest BCUT2D eigenvalue weighted by atomic mass is 16.6. The van der Waals surface area contributed by atoms with Crippen LogP contribution in [-0.2, 0) is 22.5 Å². The maximum absolute atomic E-state index is 12.6. The summed E-state index contributed by atoms with van der Waals surface area (Å²) in [6.45, 7) is 8.77. The van der Waals surface area contributed by atoms with Gasteiger partial charge in [-0.25, -0.2) is 4.79 Å². The smallest absolute Gasteiger partial charge is 0.410 e. The molecule has 2 aromatic heterocycles. The number of carbonyl (C=O) groups excluding carboxylic acids is 2. The number of hydrogen-bond acceptors (Lipinski definition) is 7. The second kappa shape index (κ2) is 12.1. The maximum Gasteiger partial charge on any atom is 0.410 e. The molecule has 2 amide bonds. The number of hydrogen-bond donors (Lipinski definition) is 1. The van der Waals surface area contributed by atoms with Gasteiger partial charge in [0.05, 0.1) is 6.54 Å². The SMILES string of the molecule is Cc1ccc(-c2nnc(CCC(=O)NCCCN(Cc3cccnc3)C(=O)OC(C)(C)C)o2)cc1. The molecule has 0 saturated heterocycles. The molecule has 0 bridgehead atoms. The van der Waals surface area contributed by atoms with E-state index in [9.17, 15) is 9.59 Å². The first kappa shape index (κ1) is 25.9. The van der Waals surface area contributed by atoms with Crippen LogP contribution in [0.3, 0.4) is 0 Å². The lowest BCUT2D eigenvalue weighted by Crippen LogP contribution is -2.38. The van der Waals surface area contributed by atoms with Gasteiger partial charge in [-0.3, -0.25) is 9.78 Å². The highest BCUT2D eigenvalue weighted by molar-refractivity contribution is 5.76. The fourth-order valence-corrected chi connectivity index (χ4v) is 3.25. The van der Waals surface area contributed by atoms with Crippen LogP contribution in [0.2, 0.25) is 0 Å². The minimum Gasteiger partial charge on any atom is -0.444 e. The number of aryl methyl sites for hydroxylation is 2. The molecule has 1 N–H and O–H groups in total. The summed E-state index contributed by atoms with van der Waals surface area (Å²) in [7, 11) is 0. The Labute approximate surface area is 205 Å². The predicted molar refractivity (Wildman–Crippen MR) is 131 cm³/mol. The van der Waals surface area contributed by atoms with Crippen LogP contribution in [0.1, 0.15) is 50.6 Å². The van der Waals surface area contributed by atoms with Crippen molar-refractivity contribution in [2.75, 3.05) is 13.1 Å². The molecule has 2 heterocycles. The van der Waals surface area contributed by atoms with Crippen LogP contribution in [0.5, 0.6) is 0 Å². The number of pyridine rings is 1. The summed E-state index contributed by atoms with van der Waals surface area (Å²) < 4.78 is 11.2. The van der Waals surface area contributed by atoms with E-state index in [4.69, 9.17) is 9.15 Å². The van der Waals surface area contributed by atoms with E-state index in [-0.39, 0.29) is 12.3 Å². The summed E-state index contributed by atoms with van der Waals surface area (Å²) in [4.78, 5) is 30.6. The Morgan fingerprint density at radius 3 is 2.57 bits per heavy atom. The van der Waals surface area contributed by atoms with Crippen molar-refractivity contribution < 1.29 is 18.7 Å². The maximum atomic E-state index is 12.6. The number of rotatable bonds is 10. The van der Waals surface area contributed by atoms with Crippen molar-refractivity contribution in [2.45, 2.75) is 59.1 Å². The van der Waals surface area contributed by atoms with E-state index in [1.807, 2.05) is 64.1 Å². The van der Waals surface area contributed by atoms with Crippen LogP contribution in [0, 0.1) is 6.92 Å². The molecule has 9 heteroatoms. The number of nitrogens with one attached hydrogen (secondary N) is 1. The number of ether oxygens (including phenoxy) is 1. The number of nitrogens with zero attached hydrogens (tertiary/aromatic N) is 4. The fourth-order valence-electron chi connectivity index (χ4n) is 3.25. The normalized spacial score (nSPS) is 11.2. The van der Waals surface area contributed by atoms with Crippen LogP contribution in [0.15, 0.2) is 53.2 Å². The number of benzene rings is 1. The highest BCUT2D eigenvalue weighted by Crippen LogP contribution is 2.18. The van der Waals surface area contributed by atoms with Crippen molar-refractivity contribution in [3.8, 4) is 11.5 Å². The zero-order valence-corrected chi connectivity index (χ0v) is 20.8. The van der Waals surface area contributed by atoms with E-state index in [2.05, 4.69) is 20.5 Å². The third kappa shape index (κ3) is 8.84. The summed E-state index contributed by atoms with van der Waals surface area (Å²) in [6, 6.07) is 11.5. The van der Waals surface area contributed by atoms with Crippen molar-refractivity contribution in [1.29, 1.82) is 0 Å². The summed E-state index contributed by atoms with van der Waals surface area (Å²) in [5, 5.41) is 11.0. The summed E-state index contributed by atoms with van der Waals surface area (Å²) in [5.41, 5.74) is 2.31. The molecule has 0 radical (unpaired) electrons. The number of carbonyl (C=O) groups is 2. The van der Waals surface area contributed by atoms with Crippen molar-refractivity contribution in [3.05, 3.63) is 65.8 Å². The first-order valence-electron chi connectivity index (χ1n) is 11.7. The molecular formula is C26H33N5O4. The molecule has 0 saturated carbocycles. The molecule has 0 unspecified atom stereocenters. The van der Waals surface area contributed by atoms with Crippen molar-refractivity contribution >= 4 is 12.0 Å². The molecule has 9 nitrogen and oxygen atoms in total. The van der Waals surface area contributed by atoms with E-state index < -0.39 is 11.7 Å². The largest absolute Gasteiger partial charge is 0.444 e. The average molecular weight is 480 g/mol. The van der Waals surface area contributed by atoms with Crippen LogP contribution < -0.4 is 5.32 Å². The molecule has 0 aliphatic rings. The van der Waals surface area contributed by atoms with Gasteiger partial charge < -0.3 is 19.4 Å². The topological polar surface area (TPSA) is 110 Å². The minimum atomic E-state index is -0.591. The van der Waals surface area contributed by atoms with Gasteiger partial charge in [-0.05, 0) is 57.9 Å². The predicted octanol–water partition coefficient (Wildman–Crippen LogP) is 4.32. The Morgan fingerprint density at radius 2 is 1.89 bits per heavy atom. The Kier molecular flexibility index (Phi) is 8.94. The molecule has 3 aromatic rings. The van der Waals surface area contributed by atoms with Crippen molar-refractivity contribution in [2.24, 2.45) is 0 Å². The van der Waals surface area contributed by atoms with Crippen molar-refractivity contribution in [3.63, 3.8) is 0 Å². The third-order valence-corrected chi connectivity index (χ3v) is 5.01. The van der Waals surface area contributed by atoms with E-state index >= 15 is 0 Å². The first-order valence-corrected chi connectivity index (χ1v) is 11.7. The standard InChI is InChI=1S/C26H33N5O4/c1-19-8-10-21(11-9-19)24-30-29-23(34-24)13-12-22(32)28-15-6-16-31(25(33)35-26(2,3)4)18-20-7-5-14-27-17-20/h5,7-11,14,17H,6,12-13,15-16,18H2,1-4H3,(H,28,32). The lowest BCUT2D eigenvalue weighted by molar-refractivity contribution is -0.121. The first-order chi connectivity index (χ1) is 16.7. The summed E-state index contributed by atoms with van der Waals surface area (Å²) >= 11 is 0. The molecule has 35 heavy (non-hydrogen) atoms. The third-order valence-electron chi connectivity index (χ3n) is 5.01. The molecule has 1 aromatic carbocycles. The molecule has 3 rings (SSSR count). The van der Waals surface area contributed by atoms with Crippen LogP contribution in [0.25, 0.3) is 11.5 Å². The molecule has 0 fully saturated rings. The van der Waals surface area contributed by atoms with Gasteiger partial charge in [-0.15, -0.1) is 10.2 Å². The van der Waals surface area contributed by atoms with Gasteiger partial charge in [-0.1, -0.05) is 23.8 Å². The van der Waals surface area contributed by atoms with Crippen LogP contribution in [0.4, 0.5) is 4.79 Å². The van der Waals surface area contributed by atoms with Gasteiger partial charge in [0, 0.05) is 43.9 Å². The number of amides is 2. The molecule has 0 atom stereocenters. The van der Waals surface area contributed by atoms with Crippen LogP contribution in [-0.4, -0.2) is 50.8 Å². The molecular weight excluding hydrogens is 446 g/mol. The van der Waals surface area contributed by atoms with E-state index in [0.717, 1.165) is 16.7 Å². The van der Waals surface area contributed by atoms with Gasteiger partial charge in [0.15, 0.2) is 0 Å². The van der Waals surface area contributed by atoms with Crippen molar-refractivity contribution in [1.82, 2.24) is 25.4 Å². The highest BCUT2D eigenvalue weighted by Gasteiger charge is 2.22. The van der Waals surface area contributed by atoms with E-state index in [1.54, 1.807) is 17.3 Å². The second-order valence-corrected chi connectivity index (χ2v) is 9.33. The fraction of sp³-hybridized carbons (Fsp3) is 0.423. The number of aromatic nitrogens is 3. The van der Waals surface area contributed by atoms with Gasteiger partial charge in [0.2, 0.25) is 17.7 Å².